The number of rotatable bonds is 7. The van der Waals surface area contributed by atoms with Gasteiger partial charge in [0.25, 0.3) is 0 Å². The lowest BCUT2D eigenvalue weighted by atomic mass is 10.0. The molecule has 0 aliphatic heterocycles. The minimum Gasteiger partial charge on any atom is -0.225 e. The first-order valence-corrected chi connectivity index (χ1v) is 16.2. The summed E-state index contributed by atoms with van der Waals surface area (Å²) in [6, 6.07) is 52.9. The van der Waals surface area contributed by atoms with Crippen LogP contribution in [0.15, 0.2) is 170 Å². The average molecular weight is 651 g/mol. The molecule has 0 unspecified atom stereocenters. The zero-order valence-corrected chi connectivity index (χ0v) is 26.7. The zero-order chi connectivity index (χ0) is 33.9. The van der Waals surface area contributed by atoms with Crippen LogP contribution in [0.25, 0.3) is 78.9 Å². The van der Waals surface area contributed by atoms with Crippen molar-refractivity contribution in [3.63, 3.8) is 0 Å². The lowest BCUT2D eigenvalue weighted by Gasteiger charge is -2.12. The number of nitrogens with zero attached hydrogens (tertiary/aromatic N) is 4. The van der Waals surface area contributed by atoms with Gasteiger partial charge in [-0.2, -0.15) is 0 Å². The van der Waals surface area contributed by atoms with Crippen LogP contribution in [-0.2, 0) is 0 Å². The Balaban J connectivity index is 1.27. The molecule has 238 valence electrons. The fourth-order valence-corrected chi connectivity index (χ4v) is 5.86. The predicted molar refractivity (Wildman–Crippen MR) is 196 cm³/mol. The van der Waals surface area contributed by atoms with E-state index >= 15 is 0 Å². The highest BCUT2D eigenvalue weighted by molar-refractivity contribution is 5.76. The van der Waals surface area contributed by atoms with Gasteiger partial charge in [-0.05, 0) is 82.9 Å². The summed E-state index contributed by atoms with van der Waals surface area (Å²) in [5, 5.41) is 0. The first kappa shape index (κ1) is 30.7. The van der Waals surface area contributed by atoms with Crippen LogP contribution in [0, 0.1) is 11.6 Å². The van der Waals surface area contributed by atoms with Gasteiger partial charge in [-0.15, -0.1) is 0 Å². The monoisotopic (exact) mass is 650 g/mol. The average Bonchev–Trinajstić information content (AvgIpc) is 3.19. The first-order valence-electron chi connectivity index (χ1n) is 16.2. The normalized spacial score (nSPS) is 11.0. The molecule has 2 aromatic heterocycles. The van der Waals surface area contributed by atoms with E-state index in [9.17, 15) is 8.78 Å². The van der Waals surface area contributed by atoms with Crippen molar-refractivity contribution in [2.45, 2.75) is 0 Å². The Kier molecular flexibility index (Phi) is 8.25. The summed E-state index contributed by atoms with van der Waals surface area (Å²) < 4.78 is 27.9. The van der Waals surface area contributed by atoms with Crippen LogP contribution in [0.4, 0.5) is 8.78 Å². The third-order valence-corrected chi connectivity index (χ3v) is 8.51. The van der Waals surface area contributed by atoms with Gasteiger partial charge in [0.15, 0.2) is 11.6 Å². The van der Waals surface area contributed by atoms with Crippen molar-refractivity contribution in [2.24, 2.45) is 0 Å². The third-order valence-electron chi connectivity index (χ3n) is 8.51. The molecular weight excluding hydrogens is 623 g/mol. The Morgan fingerprint density at radius 2 is 0.500 bits per heavy atom. The Labute approximate surface area is 288 Å². The summed E-state index contributed by atoms with van der Waals surface area (Å²) in [5.74, 6) is -0.0591. The van der Waals surface area contributed by atoms with Gasteiger partial charge in [-0.25, -0.2) is 28.7 Å². The molecule has 6 aromatic carbocycles. The first-order chi connectivity index (χ1) is 24.6. The van der Waals surface area contributed by atoms with Crippen molar-refractivity contribution in [3.05, 3.63) is 181 Å². The second kappa shape index (κ2) is 13.5. The second-order valence-corrected chi connectivity index (χ2v) is 11.8. The molecule has 6 heteroatoms. The fraction of sp³-hybridized carbons (Fsp3) is 0. The molecule has 0 amide bonds. The topological polar surface area (TPSA) is 51.6 Å². The van der Waals surface area contributed by atoms with Gasteiger partial charge in [0.05, 0.1) is 22.8 Å². The third kappa shape index (κ3) is 6.55. The molecular formula is C44H28F2N4. The molecule has 0 radical (unpaired) electrons. The highest BCUT2D eigenvalue weighted by Gasteiger charge is 2.17. The van der Waals surface area contributed by atoms with Gasteiger partial charge < -0.3 is 0 Å². The number of hydrogen-bond donors (Lipinski definition) is 0. The van der Waals surface area contributed by atoms with Crippen molar-refractivity contribution in [3.8, 4) is 78.9 Å². The lowest BCUT2D eigenvalue weighted by Crippen LogP contribution is -2.02. The van der Waals surface area contributed by atoms with Crippen molar-refractivity contribution in [1.82, 2.24) is 19.9 Å². The van der Waals surface area contributed by atoms with E-state index in [0.29, 0.717) is 34.4 Å². The Morgan fingerprint density at radius 3 is 0.800 bits per heavy atom. The molecule has 50 heavy (non-hydrogen) atoms. The molecule has 0 N–H and O–H groups in total. The van der Waals surface area contributed by atoms with Gasteiger partial charge in [0.1, 0.15) is 11.6 Å². The molecule has 0 atom stereocenters. The largest absolute Gasteiger partial charge is 0.225 e. The maximum atomic E-state index is 14.0. The molecule has 0 aliphatic rings. The predicted octanol–water partition coefficient (Wildman–Crippen LogP) is 11.2. The van der Waals surface area contributed by atoms with Crippen LogP contribution >= 0.6 is 0 Å². The quantitative estimate of drug-likeness (QED) is 0.172. The standard InChI is InChI=1S/C44H28F2N4/c45-37-23-19-35(20-24-37)41-27-39(33-15-11-31(12-16-33)29-7-3-1-4-8-29)47-43(49-41)44-48-40(28-42(50-44)36-21-25-38(46)26-22-36)34-17-13-32(14-18-34)30-9-5-2-6-10-30/h1-28H. The molecule has 0 aliphatic carbocycles. The van der Waals surface area contributed by atoms with Gasteiger partial charge in [0, 0.05) is 22.3 Å². The van der Waals surface area contributed by atoms with Gasteiger partial charge >= 0.3 is 0 Å². The van der Waals surface area contributed by atoms with E-state index in [4.69, 9.17) is 19.9 Å². The molecule has 8 rings (SSSR count). The van der Waals surface area contributed by atoms with Gasteiger partial charge in [-0.1, -0.05) is 109 Å². The SMILES string of the molecule is Fc1ccc(-c2cc(-c3ccc(-c4ccccc4)cc3)nc(-c3nc(-c4ccc(F)cc4)cc(-c4ccc(-c5ccccc5)cc4)n3)n2)cc1. The summed E-state index contributed by atoms with van der Waals surface area (Å²) in [5.41, 5.74) is 10.1. The van der Waals surface area contributed by atoms with E-state index in [1.165, 1.54) is 24.3 Å². The Bertz CT molecular complexity index is 2220. The minimum atomic E-state index is -0.335. The van der Waals surface area contributed by atoms with Crippen LogP contribution in [0.1, 0.15) is 0 Å². The van der Waals surface area contributed by atoms with E-state index in [1.54, 1.807) is 24.3 Å². The summed E-state index contributed by atoms with van der Waals surface area (Å²) in [6.45, 7) is 0. The minimum absolute atomic E-state index is 0.306. The van der Waals surface area contributed by atoms with Crippen molar-refractivity contribution in [2.75, 3.05) is 0 Å². The van der Waals surface area contributed by atoms with E-state index < -0.39 is 0 Å². The number of hydrogen-bond acceptors (Lipinski definition) is 4. The highest BCUT2D eigenvalue weighted by Crippen LogP contribution is 2.32. The van der Waals surface area contributed by atoms with Crippen LogP contribution in [0.3, 0.4) is 0 Å². The summed E-state index contributed by atoms with van der Waals surface area (Å²) >= 11 is 0. The number of aromatic nitrogens is 4. The molecule has 0 saturated heterocycles. The molecule has 0 spiro atoms. The molecule has 2 heterocycles. The van der Waals surface area contributed by atoms with Crippen LogP contribution < -0.4 is 0 Å². The highest BCUT2D eigenvalue weighted by atomic mass is 19.1. The summed E-state index contributed by atoms with van der Waals surface area (Å²) in [4.78, 5) is 19.8. The van der Waals surface area contributed by atoms with E-state index in [-0.39, 0.29) is 11.6 Å². The van der Waals surface area contributed by atoms with E-state index in [1.807, 2.05) is 72.8 Å². The molecule has 0 saturated carbocycles. The van der Waals surface area contributed by atoms with Crippen LogP contribution in [0.5, 0.6) is 0 Å². The maximum absolute atomic E-state index is 14.0. The van der Waals surface area contributed by atoms with E-state index in [0.717, 1.165) is 44.5 Å². The second-order valence-electron chi connectivity index (χ2n) is 11.8. The summed E-state index contributed by atoms with van der Waals surface area (Å²) in [7, 11) is 0. The van der Waals surface area contributed by atoms with E-state index in [2.05, 4.69) is 48.5 Å². The Hall–Kier alpha value is -6.66. The van der Waals surface area contributed by atoms with Crippen molar-refractivity contribution < 1.29 is 8.78 Å². The molecule has 4 nitrogen and oxygen atoms in total. The number of benzene rings is 6. The zero-order valence-electron chi connectivity index (χ0n) is 26.7. The summed E-state index contributed by atoms with van der Waals surface area (Å²) in [6.07, 6.45) is 0. The maximum Gasteiger partial charge on any atom is 0.198 e. The number of halogens is 2. The Morgan fingerprint density at radius 1 is 0.260 bits per heavy atom. The molecule has 8 aromatic rings. The van der Waals surface area contributed by atoms with Crippen LogP contribution in [0.2, 0.25) is 0 Å². The van der Waals surface area contributed by atoms with Gasteiger partial charge in [0.2, 0.25) is 0 Å². The van der Waals surface area contributed by atoms with Crippen LogP contribution in [-0.4, -0.2) is 19.9 Å². The van der Waals surface area contributed by atoms with Gasteiger partial charge in [-0.3, -0.25) is 0 Å². The fourth-order valence-electron chi connectivity index (χ4n) is 5.86. The smallest absolute Gasteiger partial charge is 0.198 e. The molecule has 0 fully saturated rings. The molecule has 0 bridgehead atoms. The van der Waals surface area contributed by atoms with Crippen molar-refractivity contribution >= 4 is 0 Å². The lowest BCUT2D eigenvalue weighted by molar-refractivity contribution is 0.627. The van der Waals surface area contributed by atoms with Crippen molar-refractivity contribution in [1.29, 1.82) is 0 Å².